The summed E-state index contributed by atoms with van der Waals surface area (Å²) in [5, 5.41) is 0. The van der Waals surface area contributed by atoms with Crippen molar-refractivity contribution in [3.8, 4) is 0 Å². The molecule has 0 bridgehead atoms. The van der Waals surface area contributed by atoms with Gasteiger partial charge in [-0.2, -0.15) is 0 Å². The zero-order chi connectivity index (χ0) is 12.3. The summed E-state index contributed by atoms with van der Waals surface area (Å²) in [6.45, 7) is 0. The van der Waals surface area contributed by atoms with E-state index in [4.69, 9.17) is 11.5 Å². The van der Waals surface area contributed by atoms with Crippen molar-refractivity contribution in [2.45, 2.75) is 18.9 Å². The van der Waals surface area contributed by atoms with Crippen LogP contribution in [0.3, 0.4) is 0 Å². The molecule has 1 aromatic carbocycles. The molecule has 1 rings (SSSR count). The Balaban J connectivity index is 2.86. The predicted molar refractivity (Wildman–Crippen MR) is 51.7 cm³/mol. The molecular formula is C10H11F3N2O. The quantitative estimate of drug-likeness (QED) is 0.770. The van der Waals surface area contributed by atoms with Crippen molar-refractivity contribution in [3.05, 3.63) is 35.1 Å². The van der Waals surface area contributed by atoms with Crippen LogP contribution in [0.25, 0.3) is 0 Å². The minimum atomic E-state index is -1.27. The van der Waals surface area contributed by atoms with Crippen molar-refractivity contribution < 1.29 is 18.0 Å². The molecule has 0 aliphatic heterocycles. The molecule has 1 amide bonds. The molecular weight excluding hydrogens is 221 g/mol. The Labute approximate surface area is 90.2 Å². The van der Waals surface area contributed by atoms with Crippen LogP contribution in [0.15, 0.2) is 12.1 Å². The molecule has 0 radical (unpaired) electrons. The van der Waals surface area contributed by atoms with E-state index in [0.717, 1.165) is 0 Å². The zero-order valence-electron chi connectivity index (χ0n) is 8.34. The molecule has 0 saturated heterocycles. The highest BCUT2D eigenvalue weighted by atomic mass is 19.2. The molecule has 0 spiro atoms. The fraction of sp³-hybridized carbons (Fsp3) is 0.300. The number of hydrogen-bond donors (Lipinski definition) is 2. The van der Waals surface area contributed by atoms with Crippen molar-refractivity contribution in [3.63, 3.8) is 0 Å². The van der Waals surface area contributed by atoms with Gasteiger partial charge in [0.2, 0.25) is 5.91 Å². The molecule has 4 N–H and O–H groups in total. The smallest absolute Gasteiger partial charge is 0.217 e. The summed E-state index contributed by atoms with van der Waals surface area (Å²) in [5.41, 5.74) is 10.2. The molecule has 6 heteroatoms. The van der Waals surface area contributed by atoms with Crippen LogP contribution in [0.2, 0.25) is 0 Å². The van der Waals surface area contributed by atoms with Gasteiger partial charge in [0, 0.05) is 24.1 Å². The van der Waals surface area contributed by atoms with Gasteiger partial charge in [-0.25, -0.2) is 13.2 Å². The molecule has 16 heavy (non-hydrogen) atoms. The summed E-state index contributed by atoms with van der Waals surface area (Å²) in [6.07, 6.45) is 0.0386. The molecule has 1 unspecified atom stereocenters. The summed E-state index contributed by atoms with van der Waals surface area (Å²) in [5.74, 6) is -3.97. The van der Waals surface area contributed by atoms with Gasteiger partial charge < -0.3 is 11.5 Å². The molecule has 0 aromatic heterocycles. The molecule has 0 aliphatic rings. The number of nitrogens with two attached hydrogens (primary N) is 2. The third-order valence-electron chi connectivity index (χ3n) is 2.14. The largest absolute Gasteiger partial charge is 0.370 e. The monoisotopic (exact) mass is 232 g/mol. The van der Waals surface area contributed by atoms with Gasteiger partial charge in [0.25, 0.3) is 0 Å². The van der Waals surface area contributed by atoms with E-state index in [0.29, 0.717) is 12.1 Å². The molecule has 0 saturated carbocycles. The second-order valence-electron chi connectivity index (χ2n) is 3.40. The lowest BCUT2D eigenvalue weighted by molar-refractivity contribution is -0.118. The SMILES string of the molecule is NC(=O)CCC(N)c1cc(F)c(F)cc1F. The van der Waals surface area contributed by atoms with Crippen LogP contribution < -0.4 is 11.5 Å². The van der Waals surface area contributed by atoms with Crippen molar-refractivity contribution in [1.29, 1.82) is 0 Å². The average molecular weight is 232 g/mol. The summed E-state index contributed by atoms with van der Waals surface area (Å²) in [6, 6.07) is 0.230. The van der Waals surface area contributed by atoms with Crippen LogP contribution in [-0.4, -0.2) is 5.91 Å². The number of benzene rings is 1. The van der Waals surface area contributed by atoms with Gasteiger partial charge in [-0.15, -0.1) is 0 Å². The highest BCUT2D eigenvalue weighted by Gasteiger charge is 2.16. The Kier molecular flexibility index (Phi) is 3.89. The van der Waals surface area contributed by atoms with Crippen LogP contribution >= 0.6 is 0 Å². The van der Waals surface area contributed by atoms with Gasteiger partial charge in [0.05, 0.1) is 0 Å². The number of carbonyl (C=O) groups excluding carboxylic acids is 1. The molecule has 1 aromatic rings. The van der Waals surface area contributed by atoms with Gasteiger partial charge in [-0.05, 0) is 12.5 Å². The van der Waals surface area contributed by atoms with Crippen LogP contribution in [0.4, 0.5) is 13.2 Å². The second-order valence-corrected chi connectivity index (χ2v) is 3.40. The van der Waals surface area contributed by atoms with Crippen molar-refractivity contribution >= 4 is 5.91 Å². The van der Waals surface area contributed by atoms with E-state index in [1.165, 1.54) is 0 Å². The Morgan fingerprint density at radius 1 is 1.19 bits per heavy atom. The predicted octanol–water partition coefficient (Wildman–Crippen LogP) is 1.37. The minimum Gasteiger partial charge on any atom is -0.370 e. The molecule has 0 fully saturated rings. The summed E-state index contributed by atoms with van der Waals surface area (Å²) < 4.78 is 38.6. The van der Waals surface area contributed by atoms with Crippen LogP contribution in [-0.2, 0) is 4.79 Å². The van der Waals surface area contributed by atoms with E-state index in [2.05, 4.69) is 0 Å². The van der Waals surface area contributed by atoms with Crippen molar-refractivity contribution in [1.82, 2.24) is 0 Å². The van der Waals surface area contributed by atoms with E-state index in [1.807, 2.05) is 0 Å². The molecule has 1 atom stereocenters. The van der Waals surface area contributed by atoms with Crippen LogP contribution in [0.5, 0.6) is 0 Å². The standard InChI is InChI=1S/C10H11F3N2O/c11-6-4-8(13)7(12)3-5(6)9(14)1-2-10(15)16/h3-4,9H,1-2,14H2,(H2,15,16). The Bertz CT molecular complexity index is 409. The lowest BCUT2D eigenvalue weighted by Crippen LogP contribution is -2.17. The number of carbonyl (C=O) groups is 1. The van der Waals surface area contributed by atoms with Gasteiger partial charge in [0.15, 0.2) is 11.6 Å². The fourth-order valence-electron chi connectivity index (χ4n) is 1.28. The lowest BCUT2D eigenvalue weighted by atomic mass is 10.0. The normalized spacial score (nSPS) is 12.5. The Hall–Kier alpha value is -1.56. The van der Waals surface area contributed by atoms with Gasteiger partial charge in [0.1, 0.15) is 5.82 Å². The van der Waals surface area contributed by atoms with Crippen LogP contribution in [0, 0.1) is 17.5 Å². The summed E-state index contributed by atoms with van der Waals surface area (Å²) in [4.78, 5) is 10.5. The highest BCUT2D eigenvalue weighted by Crippen LogP contribution is 2.21. The molecule has 0 aliphatic carbocycles. The Morgan fingerprint density at radius 3 is 2.31 bits per heavy atom. The zero-order valence-corrected chi connectivity index (χ0v) is 8.34. The second kappa shape index (κ2) is 4.98. The number of rotatable bonds is 4. The molecule has 3 nitrogen and oxygen atoms in total. The number of primary amides is 1. The van der Waals surface area contributed by atoms with Crippen LogP contribution in [0.1, 0.15) is 24.4 Å². The number of halogens is 3. The van der Waals surface area contributed by atoms with Crippen molar-refractivity contribution in [2.24, 2.45) is 11.5 Å². The third-order valence-corrected chi connectivity index (χ3v) is 2.14. The molecule has 0 heterocycles. The maximum Gasteiger partial charge on any atom is 0.217 e. The minimum absolute atomic E-state index is 0.0421. The average Bonchev–Trinajstić information content (AvgIpc) is 2.20. The fourth-order valence-corrected chi connectivity index (χ4v) is 1.28. The van der Waals surface area contributed by atoms with E-state index in [1.54, 1.807) is 0 Å². The highest BCUT2D eigenvalue weighted by molar-refractivity contribution is 5.73. The Morgan fingerprint density at radius 2 is 1.75 bits per heavy atom. The summed E-state index contributed by atoms with van der Waals surface area (Å²) >= 11 is 0. The van der Waals surface area contributed by atoms with Gasteiger partial charge in [-0.3, -0.25) is 4.79 Å². The summed E-state index contributed by atoms with van der Waals surface area (Å²) in [7, 11) is 0. The van der Waals surface area contributed by atoms with Gasteiger partial charge >= 0.3 is 0 Å². The maximum atomic E-state index is 13.2. The number of amides is 1. The first kappa shape index (κ1) is 12.5. The first-order valence-electron chi connectivity index (χ1n) is 4.60. The first-order valence-corrected chi connectivity index (χ1v) is 4.60. The third kappa shape index (κ3) is 2.96. The van der Waals surface area contributed by atoms with E-state index >= 15 is 0 Å². The maximum absolute atomic E-state index is 13.2. The van der Waals surface area contributed by atoms with Gasteiger partial charge in [-0.1, -0.05) is 0 Å². The van der Waals surface area contributed by atoms with E-state index < -0.39 is 29.4 Å². The molecule has 88 valence electrons. The topological polar surface area (TPSA) is 69.1 Å². The lowest BCUT2D eigenvalue weighted by Gasteiger charge is -2.12. The van der Waals surface area contributed by atoms with E-state index in [-0.39, 0.29) is 18.4 Å². The first-order chi connectivity index (χ1) is 7.41. The van der Waals surface area contributed by atoms with E-state index in [9.17, 15) is 18.0 Å². The number of hydrogen-bond acceptors (Lipinski definition) is 2. The van der Waals surface area contributed by atoms with Crippen molar-refractivity contribution in [2.75, 3.05) is 0 Å².